The van der Waals surface area contributed by atoms with Gasteiger partial charge in [0.15, 0.2) is 0 Å². The number of ether oxygens (including phenoxy) is 1. The Labute approximate surface area is 86.4 Å². The zero-order valence-electron chi connectivity index (χ0n) is 8.94. The molecule has 1 unspecified atom stereocenters. The summed E-state index contributed by atoms with van der Waals surface area (Å²) < 4.78 is 5.82. The number of rotatable bonds is 5. The summed E-state index contributed by atoms with van der Waals surface area (Å²) in [7, 11) is 0. The van der Waals surface area contributed by atoms with Crippen molar-refractivity contribution in [3.8, 4) is 0 Å². The van der Waals surface area contributed by atoms with Crippen LogP contribution in [-0.4, -0.2) is 6.10 Å². The first kappa shape index (κ1) is 11.0. The van der Waals surface area contributed by atoms with Crippen molar-refractivity contribution >= 4 is 0 Å². The second-order valence-electron chi connectivity index (χ2n) is 3.42. The van der Waals surface area contributed by atoms with Gasteiger partial charge in [-0.3, -0.25) is 0 Å². The highest BCUT2D eigenvalue weighted by Gasteiger charge is 2.10. The van der Waals surface area contributed by atoms with Crippen LogP contribution in [-0.2, 0) is 4.74 Å². The molecule has 0 aliphatic carbocycles. The molecular formula is C13H18O. The Morgan fingerprint density at radius 3 is 2.50 bits per heavy atom. The van der Waals surface area contributed by atoms with Crippen molar-refractivity contribution in [1.29, 1.82) is 0 Å². The van der Waals surface area contributed by atoms with Crippen LogP contribution in [0, 0.1) is 0 Å². The van der Waals surface area contributed by atoms with Crippen molar-refractivity contribution in [2.75, 3.05) is 0 Å². The summed E-state index contributed by atoms with van der Waals surface area (Å²) in [5, 5.41) is 0. The molecule has 0 amide bonds. The van der Waals surface area contributed by atoms with Crippen molar-refractivity contribution in [3.05, 3.63) is 48.6 Å². The average molecular weight is 190 g/mol. The topological polar surface area (TPSA) is 9.23 Å². The second kappa shape index (κ2) is 5.61. The van der Waals surface area contributed by atoms with Crippen LogP contribution < -0.4 is 0 Å². The Hall–Kier alpha value is -1.08. The van der Waals surface area contributed by atoms with Crippen molar-refractivity contribution in [2.45, 2.75) is 32.5 Å². The molecule has 0 heterocycles. The highest BCUT2D eigenvalue weighted by atomic mass is 16.5. The normalized spacial score (nSPS) is 14.7. The van der Waals surface area contributed by atoms with Crippen LogP contribution in [0.2, 0.25) is 0 Å². The van der Waals surface area contributed by atoms with Gasteiger partial charge in [0.25, 0.3) is 0 Å². The summed E-state index contributed by atoms with van der Waals surface area (Å²) >= 11 is 0. The van der Waals surface area contributed by atoms with E-state index in [0.717, 1.165) is 6.42 Å². The lowest BCUT2D eigenvalue weighted by molar-refractivity contribution is 0.0218. The van der Waals surface area contributed by atoms with E-state index in [1.807, 2.05) is 24.3 Å². The van der Waals surface area contributed by atoms with Gasteiger partial charge in [-0.05, 0) is 18.9 Å². The van der Waals surface area contributed by atoms with Crippen molar-refractivity contribution in [3.63, 3.8) is 0 Å². The van der Waals surface area contributed by atoms with Crippen LogP contribution >= 0.6 is 0 Å². The van der Waals surface area contributed by atoms with Crippen LogP contribution in [0.3, 0.4) is 0 Å². The molecule has 0 saturated carbocycles. The summed E-state index contributed by atoms with van der Waals surface area (Å²) in [5.41, 5.74) is 1.17. The molecule has 0 aromatic heterocycles. The van der Waals surface area contributed by atoms with E-state index < -0.39 is 0 Å². The van der Waals surface area contributed by atoms with Crippen LogP contribution in [0.25, 0.3) is 0 Å². The number of hydrogen-bond acceptors (Lipinski definition) is 1. The maximum atomic E-state index is 5.82. The fourth-order valence-electron chi connectivity index (χ4n) is 1.26. The van der Waals surface area contributed by atoms with Crippen molar-refractivity contribution in [2.24, 2.45) is 0 Å². The third-order valence-corrected chi connectivity index (χ3v) is 2.30. The Balaban J connectivity index is 2.68. The zero-order chi connectivity index (χ0) is 10.4. The van der Waals surface area contributed by atoms with E-state index in [2.05, 4.69) is 32.6 Å². The Morgan fingerprint density at radius 2 is 2.00 bits per heavy atom. The van der Waals surface area contributed by atoms with Gasteiger partial charge in [-0.25, -0.2) is 0 Å². The van der Waals surface area contributed by atoms with Gasteiger partial charge >= 0.3 is 0 Å². The van der Waals surface area contributed by atoms with E-state index in [1.165, 1.54) is 5.56 Å². The lowest BCUT2D eigenvalue weighted by Gasteiger charge is -2.18. The van der Waals surface area contributed by atoms with Crippen LogP contribution in [0.1, 0.15) is 31.9 Å². The molecule has 0 radical (unpaired) electrons. The first-order chi connectivity index (χ1) is 6.77. The van der Waals surface area contributed by atoms with Gasteiger partial charge < -0.3 is 4.74 Å². The van der Waals surface area contributed by atoms with Gasteiger partial charge in [0.1, 0.15) is 6.10 Å². The molecule has 1 aromatic rings. The molecule has 0 fully saturated rings. The molecule has 0 spiro atoms. The molecule has 0 aliphatic heterocycles. The minimum Gasteiger partial charge on any atom is -0.367 e. The highest BCUT2D eigenvalue weighted by Crippen LogP contribution is 2.20. The Morgan fingerprint density at radius 1 is 1.36 bits per heavy atom. The first-order valence-electron chi connectivity index (χ1n) is 5.11. The number of hydrogen-bond donors (Lipinski definition) is 0. The monoisotopic (exact) mass is 190 g/mol. The van der Waals surface area contributed by atoms with Crippen molar-refractivity contribution < 1.29 is 4.74 Å². The van der Waals surface area contributed by atoms with Gasteiger partial charge in [-0.1, -0.05) is 43.3 Å². The van der Waals surface area contributed by atoms with Crippen LogP contribution in [0.15, 0.2) is 43.0 Å². The molecule has 1 aromatic carbocycles. The van der Waals surface area contributed by atoms with Crippen molar-refractivity contribution in [1.82, 2.24) is 0 Å². The van der Waals surface area contributed by atoms with Gasteiger partial charge in [0.05, 0.1) is 6.10 Å². The maximum Gasteiger partial charge on any atom is 0.101 e. The third-order valence-electron chi connectivity index (χ3n) is 2.30. The van der Waals surface area contributed by atoms with E-state index in [1.54, 1.807) is 0 Å². The van der Waals surface area contributed by atoms with E-state index in [9.17, 15) is 0 Å². The van der Waals surface area contributed by atoms with E-state index >= 15 is 0 Å². The molecule has 0 aliphatic rings. The predicted molar refractivity (Wildman–Crippen MR) is 60.2 cm³/mol. The van der Waals surface area contributed by atoms with Gasteiger partial charge in [-0.2, -0.15) is 0 Å². The highest BCUT2D eigenvalue weighted by molar-refractivity contribution is 5.20. The lowest BCUT2D eigenvalue weighted by atomic mass is 10.1. The predicted octanol–water partition coefficient (Wildman–Crippen LogP) is 3.73. The summed E-state index contributed by atoms with van der Waals surface area (Å²) in [6, 6.07) is 10.2. The average Bonchev–Trinajstić information content (AvgIpc) is 2.26. The number of benzene rings is 1. The molecule has 76 valence electrons. The van der Waals surface area contributed by atoms with E-state index in [0.29, 0.717) is 0 Å². The largest absolute Gasteiger partial charge is 0.367 e. The molecule has 1 nitrogen and oxygen atoms in total. The molecule has 2 atom stereocenters. The fourth-order valence-corrected chi connectivity index (χ4v) is 1.26. The zero-order valence-corrected chi connectivity index (χ0v) is 8.94. The Bertz CT molecular complexity index is 266. The minimum atomic E-state index is 0.0196. The molecule has 0 bridgehead atoms. The molecule has 14 heavy (non-hydrogen) atoms. The second-order valence-corrected chi connectivity index (χ2v) is 3.42. The van der Waals surface area contributed by atoms with Gasteiger partial charge in [0.2, 0.25) is 0 Å². The van der Waals surface area contributed by atoms with E-state index in [-0.39, 0.29) is 12.2 Å². The SMILES string of the molecule is C=CC(O[C@@H](C)CC)c1ccccc1. The third kappa shape index (κ3) is 3.00. The summed E-state index contributed by atoms with van der Waals surface area (Å²) in [6.07, 6.45) is 3.17. The van der Waals surface area contributed by atoms with Crippen LogP contribution in [0.4, 0.5) is 0 Å². The lowest BCUT2D eigenvalue weighted by Crippen LogP contribution is -2.10. The smallest absolute Gasteiger partial charge is 0.101 e. The van der Waals surface area contributed by atoms with Gasteiger partial charge in [-0.15, -0.1) is 6.58 Å². The first-order valence-corrected chi connectivity index (χ1v) is 5.11. The summed E-state index contributed by atoms with van der Waals surface area (Å²) in [5.74, 6) is 0. The summed E-state index contributed by atoms with van der Waals surface area (Å²) in [4.78, 5) is 0. The minimum absolute atomic E-state index is 0.0196. The molecule has 1 rings (SSSR count). The molecule has 0 saturated heterocycles. The standard InChI is InChI=1S/C13H18O/c1-4-11(3)14-13(5-2)12-9-7-6-8-10-12/h5-11,13H,2,4H2,1,3H3/t11-,13?/m0/s1. The molecular weight excluding hydrogens is 172 g/mol. The Kier molecular flexibility index (Phi) is 4.41. The van der Waals surface area contributed by atoms with E-state index in [4.69, 9.17) is 4.74 Å². The fraction of sp³-hybridized carbons (Fsp3) is 0.385. The summed E-state index contributed by atoms with van der Waals surface area (Å²) in [6.45, 7) is 8.00. The maximum absolute atomic E-state index is 5.82. The quantitative estimate of drug-likeness (QED) is 0.643. The van der Waals surface area contributed by atoms with Gasteiger partial charge in [0, 0.05) is 0 Å². The van der Waals surface area contributed by atoms with Crippen LogP contribution in [0.5, 0.6) is 0 Å². The molecule has 1 heteroatoms. The molecule has 0 N–H and O–H groups in total.